The molecule has 1 aromatic carbocycles. The molecule has 4 heteroatoms. The summed E-state index contributed by atoms with van der Waals surface area (Å²) in [5.74, 6) is 0. The number of thioether (sulfide) groups is 1. The van der Waals surface area contributed by atoms with Crippen molar-refractivity contribution in [1.82, 2.24) is 5.32 Å². The summed E-state index contributed by atoms with van der Waals surface area (Å²) in [4.78, 5) is 0. The second kappa shape index (κ2) is 6.74. The third-order valence-corrected chi connectivity index (χ3v) is 6.45. The third kappa shape index (κ3) is 3.84. The Bertz CT molecular complexity index is 593. The van der Waals surface area contributed by atoms with Gasteiger partial charge in [0.15, 0.2) is 0 Å². The number of fused-ring (bicyclic) bond motifs is 1. The summed E-state index contributed by atoms with van der Waals surface area (Å²) in [7, 11) is 0. The fourth-order valence-corrected chi connectivity index (χ4v) is 5.58. The predicted molar refractivity (Wildman–Crippen MR) is 94.7 cm³/mol. The molecule has 1 nitrogen and oxygen atoms in total. The molecule has 0 radical (unpaired) electrons. The smallest absolute Gasteiger partial charge is 0.0649 e. The van der Waals surface area contributed by atoms with Crippen LogP contribution in [0, 0.1) is 0 Å². The Morgan fingerprint density at radius 2 is 2.05 bits per heavy atom. The average Bonchev–Trinajstić information content (AvgIpc) is 2.89. The van der Waals surface area contributed by atoms with Crippen LogP contribution in [0.25, 0.3) is 0 Å². The summed E-state index contributed by atoms with van der Waals surface area (Å²) in [6.45, 7) is 4.60. The fraction of sp³-hybridized carbons (Fsp3) is 0.412. The van der Waals surface area contributed by atoms with E-state index in [1.807, 2.05) is 35.2 Å². The van der Waals surface area contributed by atoms with E-state index < -0.39 is 0 Å². The zero-order valence-corrected chi connectivity index (χ0v) is 14.7. The Morgan fingerprint density at radius 1 is 1.29 bits per heavy atom. The summed E-state index contributed by atoms with van der Waals surface area (Å²) in [6.07, 6.45) is 2.24. The molecule has 0 bridgehead atoms. The topological polar surface area (TPSA) is 12.0 Å². The van der Waals surface area contributed by atoms with Gasteiger partial charge in [-0.1, -0.05) is 30.7 Å². The molecule has 0 amide bonds. The molecule has 112 valence electrons. The first kappa shape index (κ1) is 15.4. The molecule has 21 heavy (non-hydrogen) atoms. The summed E-state index contributed by atoms with van der Waals surface area (Å²) in [5.41, 5.74) is 2.83. The zero-order valence-electron chi connectivity index (χ0n) is 12.3. The highest BCUT2D eigenvalue weighted by molar-refractivity contribution is 8.01. The predicted octanol–water partition coefficient (Wildman–Crippen LogP) is 5.55. The van der Waals surface area contributed by atoms with E-state index >= 15 is 0 Å². The minimum absolute atomic E-state index is 0.458. The van der Waals surface area contributed by atoms with Gasteiger partial charge in [0.1, 0.15) is 0 Å². The molecule has 2 unspecified atom stereocenters. The van der Waals surface area contributed by atoms with Crippen LogP contribution in [0.4, 0.5) is 0 Å². The van der Waals surface area contributed by atoms with E-state index in [4.69, 9.17) is 11.6 Å². The van der Waals surface area contributed by atoms with Crippen molar-refractivity contribution in [3.63, 3.8) is 0 Å². The summed E-state index contributed by atoms with van der Waals surface area (Å²) in [5, 5.41) is 7.53. The van der Waals surface area contributed by atoms with Crippen LogP contribution in [-0.2, 0) is 6.42 Å². The molecule has 0 saturated carbocycles. The molecule has 1 N–H and O–H groups in total. The van der Waals surface area contributed by atoms with Gasteiger partial charge < -0.3 is 5.32 Å². The maximum absolute atomic E-state index is 5.95. The zero-order chi connectivity index (χ0) is 14.8. The van der Waals surface area contributed by atoms with E-state index in [0.29, 0.717) is 17.3 Å². The van der Waals surface area contributed by atoms with Crippen molar-refractivity contribution in [3.05, 3.63) is 51.9 Å². The highest BCUT2D eigenvalue weighted by Crippen LogP contribution is 2.43. The Balaban J connectivity index is 1.65. The molecule has 0 fully saturated rings. The van der Waals surface area contributed by atoms with Gasteiger partial charge in [-0.15, -0.1) is 23.1 Å². The van der Waals surface area contributed by atoms with Crippen molar-refractivity contribution in [2.24, 2.45) is 0 Å². The van der Waals surface area contributed by atoms with Crippen molar-refractivity contribution >= 4 is 34.7 Å². The van der Waals surface area contributed by atoms with Gasteiger partial charge >= 0.3 is 0 Å². The number of halogens is 1. The van der Waals surface area contributed by atoms with Crippen LogP contribution < -0.4 is 5.32 Å². The second-order valence-electron chi connectivity index (χ2n) is 5.78. The van der Waals surface area contributed by atoms with E-state index in [1.54, 1.807) is 0 Å². The van der Waals surface area contributed by atoms with Crippen LogP contribution in [0.1, 0.15) is 37.4 Å². The lowest BCUT2D eigenvalue weighted by Crippen LogP contribution is -2.34. The summed E-state index contributed by atoms with van der Waals surface area (Å²) < 4.78 is 1.49. The first-order valence-electron chi connectivity index (χ1n) is 7.36. The van der Waals surface area contributed by atoms with Gasteiger partial charge in [0, 0.05) is 22.4 Å². The van der Waals surface area contributed by atoms with Crippen molar-refractivity contribution in [1.29, 1.82) is 0 Å². The lowest BCUT2D eigenvalue weighted by atomic mass is 10.0. The van der Waals surface area contributed by atoms with Crippen LogP contribution in [-0.4, -0.2) is 11.3 Å². The number of rotatable bonds is 4. The number of hydrogen-bond donors (Lipinski definition) is 1. The van der Waals surface area contributed by atoms with Gasteiger partial charge in [0.25, 0.3) is 0 Å². The average molecular weight is 338 g/mol. The molecule has 0 saturated heterocycles. The summed E-state index contributed by atoms with van der Waals surface area (Å²) in [6, 6.07) is 11.4. The molecule has 2 aromatic rings. The lowest BCUT2D eigenvalue weighted by molar-refractivity contribution is 0.425. The Kier molecular flexibility index (Phi) is 4.95. The highest BCUT2D eigenvalue weighted by Gasteiger charge is 2.26. The molecule has 2 heterocycles. The maximum atomic E-state index is 5.95. The quantitative estimate of drug-likeness (QED) is 0.785. The fourth-order valence-electron chi connectivity index (χ4n) is 2.88. The molecule has 3 atom stereocenters. The van der Waals surface area contributed by atoms with Gasteiger partial charge in [-0.3, -0.25) is 0 Å². The monoisotopic (exact) mass is 337 g/mol. The molecule has 0 aliphatic carbocycles. The largest absolute Gasteiger partial charge is 0.307 e. The highest BCUT2D eigenvalue weighted by atomic mass is 35.5. The molecule has 0 spiro atoms. The minimum atomic E-state index is 0.458. The van der Waals surface area contributed by atoms with Gasteiger partial charge in [0.05, 0.1) is 4.21 Å². The third-order valence-electron chi connectivity index (χ3n) is 3.85. The van der Waals surface area contributed by atoms with Gasteiger partial charge in [-0.05, 0) is 54.5 Å². The Labute approximate surface area is 140 Å². The SMILES string of the molecule is CC(Cc1ccc(Cl)cc1)NC1C[C@H](C)Sc2sccc21. The molecule has 1 aliphatic rings. The molecule has 1 aromatic heterocycles. The van der Waals surface area contributed by atoms with E-state index in [-0.39, 0.29) is 0 Å². The Hall–Kier alpha value is -0.480. The molecule has 1 aliphatic heterocycles. The van der Waals surface area contributed by atoms with Crippen LogP contribution >= 0.6 is 34.7 Å². The van der Waals surface area contributed by atoms with Gasteiger partial charge in [-0.25, -0.2) is 0 Å². The van der Waals surface area contributed by atoms with E-state index in [1.165, 1.54) is 21.8 Å². The van der Waals surface area contributed by atoms with E-state index in [2.05, 4.69) is 42.7 Å². The van der Waals surface area contributed by atoms with Crippen molar-refractivity contribution in [3.8, 4) is 0 Å². The van der Waals surface area contributed by atoms with Gasteiger partial charge in [0.2, 0.25) is 0 Å². The number of nitrogens with one attached hydrogen (secondary N) is 1. The maximum Gasteiger partial charge on any atom is 0.0649 e. The summed E-state index contributed by atoms with van der Waals surface area (Å²) >= 11 is 9.84. The normalized spacial score (nSPS) is 22.8. The van der Waals surface area contributed by atoms with Crippen molar-refractivity contribution in [2.75, 3.05) is 0 Å². The van der Waals surface area contributed by atoms with Crippen LogP contribution in [0.3, 0.4) is 0 Å². The molecular formula is C17H20ClNS2. The van der Waals surface area contributed by atoms with E-state index in [0.717, 1.165) is 11.4 Å². The molecule has 3 rings (SSSR count). The Morgan fingerprint density at radius 3 is 2.81 bits per heavy atom. The standard InChI is InChI=1S/C17H20ClNS2/c1-11(9-13-3-5-14(18)6-4-13)19-16-10-12(2)21-17-15(16)7-8-20-17/h3-8,11-12,16,19H,9-10H2,1-2H3/t11?,12-,16?/m0/s1. The van der Waals surface area contributed by atoms with Crippen LogP contribution in [0.2, 0.25) is 5.02 Å². The molecular weight excluding hydrogens is 318 g/mol. The van der Waals surface area contributed by atoms with Crippen LogP contribution in [0.5, 0.6) is 0 Å². The first-order chi connectivity index (χ1) is 10.1. The number of benzene rings is 1. The van der Waals surface area contributed by atoms with Crippen LogP contribution in [0.15, 0.2) is 39.9 Å². The van der Waals surface area contributed by atoms with Crippen molar-refractivity contribution < 1.29 is 0 Å². The lowest BCUT2D eigenvalue weighted by Gasteiger charge is -2.30. The second-order valence-corrected chi connectivity index (χ2v) is 8.84. The number of hydrogen-bond acceptors (Lipinski definition) is 3. The van der Waals surface area contributed by atoms with E-state index in [9.17, 15) is 0 Å². The first-order valence-corrected chi connectivity index (χ1v) is 9.50. The number of thiophene rings is 1. The van der Waals surface area contributed by atoms with Gasteiger partial charge in [-0.2, -0.15) is 0 Å². The minimum Gasteiger partial charge on any atom is -0.307 e. The van der Waals surface area contributed by atoms with Crippen molar-refractivity contribution in [2.45, 2.75) is 48.2 Å².